The summed E-state index contributed by atoms with van der Waals surface area (Å²) in [7, 11) is 0. The molecule has 1 aromatic rings. The van der Waals surface area contributed by atoms with E-state index in [1.165, 1.54) is 66.9 Å². The van der Waals surface area contributed by atoms with Crippen molar-refractivity contribution >= 4 is 37.7 Å². The fraction of sp³-hybridized carbons (Fsp3) is 0.667. The molecule has 0 heterocycles. The van der Waals surface area contributed by atoms with Gasteiger partial charge < -0.3 is 0 Å². The summed E-state index contributed by atoms with van der Waals surface area (Å²) >= 11 is 7.17. The number of hydrogen-bond donors (Lipinski definition) is 0. The van der Waals surface area contributed by atoms with Crippen molar-refractivity contribution in [1.82, 2.24) is 0 Å². The molecule has 20 heavy (non-hydrogen) atoms. The van der Waals surface area contributed by atoms with E-state index >= 15 is 0 Å². The Morgan fingerprint density at radius 3 is 1.90 bits per heavy atom. The van der Waals surface area contributed by atoms with Crippen molar-refractivity contribution in [1.29, 1.82) is 0 Å². The second-order valence-electron chi connectivity index (χ2n) is 5.93. The van der Waals surface area contributed by atoms with Crippen LogP contribution in [-0.4, -0.2) is 22.5 Å². The van der Waals surface area contributed by atoms with Crippen molar-refractivity contribution in [3.8, 4) is 0 Å². The van der Waals surface area contributed by atoms with E-state index in [0.717, 1.165) is 5.02 Å². The molecule has 0 aliphatic heterocycles. The number of unbranched alkanes of at least 4 members (excludes halogenated alkanes) is 3. The Morgan fingerprint density at radius 1 is 0.850 bits per heavy atom. The Balaban J connectivity index is 3.15. The second-order valence-corrected chi connectivity index (χ2v) is 9.39. The van der Waals surface area contributed by atoms with E-state index in [-0.39, 0.29) is 0 Å². The molecule has 0 fully saturated rings. The third kappa shape index (κ3) is 5.25. The third-order valence-electron chi connectivity index (χ3n) is 4.11. The Bertz CT molecular complexity index is 412. The molecule has 0 spiro atoms. The molecule has 0 aliphatic rings. The average Bonchev–Trinajstić information content (AvgIpc) is 2.45. The van der Waals surface area contributed by atoms with E-state index in [9.17, 15) is 0 Å². The van der Waals surface area contributed by atoms with Gasteiger partial charge in [-0.2, -0.15) is 0 Å². The van der Waals surface area contributed by atoms with Crippen molar-refractivity contribution < 1.29 is 0 Å². The van der Waals surface area contributed by atoms with Gasteiger partial charge in [0.25, 0.3) is 0 Å². The minimum absolute atomic E-state index is 0.497. The summed E-state index contributed by atoms with van der Waals surface area (Å²) in [6, 6.07) is 2.44. The van der Waals surface area contributed by atoms with E-state index in [1.54, 1.807) is 11.1 Å². The van der Waals surface area contributed by atoms with Gasteiger partial charge in [0.15, 0.2) is 0 Å². The molecule has 0 nitrogen and oxygen atoms in total. The number of aryl methyl sites for hydroxylation is 1. The second kappa shape index (κ2) is 10.1. The SMILES string of the molecule is CCCCc1c[c]([SnH3])c(Cl)c(CCCC)c1CCCC. The molecule has 0 aliphatic carbocycles. The summed E-state index contributed by atoms with van der Waals surface area (Å²) in [6.07, 6.45) is 11.3. The fourth-order valence-electron chi connectivity index (χ4n) is 2.85. The standard InChI is InChI=1S/C18H28Cl.Sn.3H/c1-4-7-10-15-13-14-18(19)17(12-9-6-3)16(15)11-8-5-2;;;;/h13H,4-12H2,1-3H3;;;;. The van der Waals surface area contributed by atoms with E-state index < -0.39 is 0 Å². The van der Waals surface area contributed by atoms with Crippen LogP contribution >= 0.6 is 11.6 Å². The van der Waals surface area contributed by atoms with E-state index in [4.69, 9.17) is 11.6 Å². The van der Waals surface area contributed by atoms with Crippen LogP contribution in [0.15, 0.2) is 6.07 Å². The molecule has 114 valence electrons. The van der Waals surface area contributed by atoms with Gasteiger partial charge in [0.1, 0.15) is 0 Å². The molecule has 0 aromatic heterocycles. The summed E-state index contributed by atoms with van der Waals surface area (Å²) in [5, 5.41) is 1.13. The molecule has 1 rings (SSSR count). The van der Waals surface area contributed by atoms with Gasteiger partial charge in [0.2, 0.25) is 0 Å². The van der Waals surface area contributed by atoms with Crippen molar-refractivity contribution in [2.75, 3.05) is 0 Å². The van der Waals surface area contributed by atoms with Crippen LogP contribution in [0, 0.1) is 0 Å². The maximum absolute atomic E-state index is 6.67. The van der Waals surface area contributed by atoms with E-state index in [0.29, 0.717) is 22.5 Å². The van der Waals surface area contributed by atoms with Gasteiger partial charge in [-0.1, -0.05) is 0 Å². The van der Waals surface area contributed by atoms with Gasteiger partial charge in [-0.15, -0.1) is 0 Å². The quantitative estimate of drug-likeness (QED) is 0.540. The number of hydrogen-bond acceptors (Lipinski definition) is 0. The zero-order valence-electron chi connectivity index (χ0n) is 13.8. The van der Waals surface area contributed by atoms with Gasteiger partial charge in [-0.3, -0.25) is 0 Å². The summed E-state index contributed by atoms with van der Waals surface area (Å²) in [6.45, 7) is 6.84. The Labute approximate surface area is 143 Å². The third-order valence-corrected chi connectivity index (χ3v) is 7.80. The number of rotatable bonds is 9. The molecule has 1 aromatic carbocycles. The summed E-state index contributed by atoms with van der Waals surface area (Å²) < 4.78 is 1.48. The Kier molecular flexibility index (Phi) is 9.28. The van der Waals surface area contributed by atoms with Crippen molar-refractivity contribution in [2.45, 2.75) is 78.6 Å². The van der Waals surface area contributed by atoms with Crippen LogP contribution in [-0.2, 0) is 19.3 Å². The van der Waals surface area contributed by atoms with Crippen LogP contribution in [0.4, 0.5) is 0 Å². The predicted octanol–water partition coefficient (Wildman–Crippen LogP) is 4.36. The fourth-order valence-corrected chi connectivity index (χ4v) is 4.96. The van der Waals surface area contributed by atoms with Crippen LogP contribution in [0.1, 0.15) is 76.0 Å². The molecule has 0 unspecified atom stereocenters. The van der Waals surface area contributed by atoms with Crippen molar-refractivity contribution in [3.63, 3.8) is 0 Å². The summed E-state index contributed by atoms with van der Waals surface area (Å²) in [5.74, 6) is 0. The predicted molar refractivity (Wildman–Crippen MR) is 96.9 cm³/mol. The molecule has 0 radical (unpaired) electrons. The molecule has 0 bridgehead atoms. The maximum atomic E-state index is 6.67. The van der Waals surface area contributed by atoms with Crippen LogP contribution < -0.4 is 3.58 Å². The molecule has 0 atom stereocenters. The monoisotopic (exact) mass is 402 g/mol. The van der Waals surface area contributed by atoms with Crippen molar-refractivity contribution in [3.05, 3.63) is 27.8 Å². The zero-order valence-corrected chi connectivity index (χ0v) is 20.3. The van der Waals surface area contributed by atoms with Gasteiger partial charge >= 0.3 is 144 Å². The first kappa shape index (κ1) is 18.4. The van der Waals surface area contributed by atoms with E-state index in [2.05, 4.69) is 26.8 Å². The molecule has 0 saturated carbocycles. The number of benzene rings is 1. The van der Waals surface area contributed by atoms with Crippen LogP contribution in [0.2, 0.25) is 5.02 Å². The first-order valence-corrected chi connectivity index (χ1v) is 11.7. The van der Waals surface area contributed by atoms with Gasteiger partial charge in [0.05, 0.1) is 0 Å². The van der Waals surface area contributed by atoms with Gasteiger partial charge in [0, 0.05) is 0 Å². The summed E-state index contributed by atoms with van der Waals surface area (Å²) in [5.41, 5.74) is 4.73. The first-order chi connectivity index (χ1) is 9.65. The van der Waals surface area contributed by atoms with Crippen LogP contribution in [0.25, 0.3) is 0 Å². The molecule has 2 heteroatoms. The number of halogens is 1. The van der Waals surface area contributed by atoms with Gasteiger partial charge in [-0.05, 0) is 0 Å². The minimum atomic E-state index is 0.497. The van der Waals surface area contributed by atoms with Gasteiger partial charge in [-0.25, -0.2) is 0 Å². The average molecular weight is 402 g/mol. The van der Waals surface area contributed by atoms with Crippen LogP contribution in [0.5, 0.6) is 0 Å². The Hall–Kier alpha value is 0.309. The summed E-state index contributed by atoms with van der Waals surface area (Å²) in [4.78, 5) is 0. The van der Waals surface area contributed by atoms with E-state index in [1.807, 2.05) is 0 Å². The normalized spacial score (nSPS) is 11.2. The molecular formula is C18H31ClSn. The van der Waals surface area contributed by atoms with Crippen molar-refractivity contribution in [2.24, 2.45) is 0 Å². The topological polar surface area (TPSA) is 0 Å². The molecule has 0 N–H and O–H groups in total. The zero-order chi connectivity index (χ0) is 15.0. The molecule has 0 saturated heterocycles. The Morgan fingerprint density at radius 2 is 1.35 bits per heavy atom. The molecule has 0 amide bonds. The molecular weight excluding hydrogens is 370 g/mol. The van der Waals surface area contributed by atoms with Crippen LogP contribution in [0.3, 0.4) is 0 Å². The first-order valence-electron chi connectivity index (χ1n) is 8.45.